The zero-order valence-corrected chi connectivity index (χ0v) is 18.3. The fourth-order valence-corrected chi connectivity index (χ4v) is 3.01. The summed E-state index contributed by atoms with van der Waals surface area (Å²) in [6.07, 6.45) is 0. The van der Waals surface area contributed by atoms with Crippen LogP contribution in [0, 0.1) is 0 Å². The van der Waals surface area contributed by atoms with E-state index >= 15 is 0 Å². The van der Waals surface area contributed by atoms with Crippen LogP contribution in [0.2, 0.25) is 0 Å². The van der Waals surface area contributed by atoms with Crippen LogP contribution in [0.4, 0.5) is 5.69 Å². The maximum Gasteiger partial charge on any atom is 0.250 e. The van der Waals surface area contributed by atoms with Crippen molar-refractivity contribution < 1.29 is 0 Å². The van der Waals surface area contributed by atoms with Crippen molar-refractivity contribution in [1.82, 2.24) is 15.0 Å². The molecular formula is C13H9BrCl6N4. The fourth-order valence-electron chi connectivity index (χ4n) is 1.77. The summed E-state index contributed by atoms with van der Waals surface area (Å²) in [7, 11) is 3.84. The minimum Gasteiger partial charge on any atom is -0.377 e. The number of hydrogen-bond donors (Lipinski definition) is 0. The lowest BCUT2D eigenvalue weighted by Crippen LogP contribution is -2.17. The first kappa shape index (κ1) is 20.6. The van der Waals surface area contributed by atoms with E-state index in [0.717, 1.165) is 10.2 Å². The van der Waals surface area contributed by atoms with Crippen LogP contribution < -0.4 is 4.90 Å². The Morgan fingerprint density at radius 2 is 1.38 bits per heavy atom. The largest absolute Gasteiger partial charge is 0.377 e. The first-order chi connectivity index (χ1) is 10.9. The molecule has 24 heavy (non-hydrogen) atoms. The number of aromatic nitrogens is 3. The third-order valence-corrected chi connectivity index (χ3v) is 4.48. The second-order valence-corrected chi connectivity index (χ2v) is 10.3. The van der Waals surface area contributed by atoms with E-state index in [-0.39, 0.29) is 17.5 Å². The van der Waals surface area contributed by atoms with Crippen LogP contribution in [-0.4, -0.2) is 29.0 Å². The van der Waals surface area contributed by atoms with Gasteiger partial charge in [-0.1, -0.05) is 69.6 Å². The average molecular weight is 514 g/mol. The lowest BCUT2D eigenvalue weighted by atomic mass is 10.2. The molecule has 2 rings (SSSR count). The summed E-state index contributed by atoms with van der Waals surface area (Å²) in [6, 6.07) is 5.50. The minimum atomic E-state index is -1.89. The standard InChI is InChI=1S/C13H9BrCl6N4/c1-24(2)8-4-3-6(5-7(8)14)9-21-10(12(15,16)17)23-11(22-9)13(18,19)20/h3-5H,1-2H3. The van der Waals surface area contributed by atoms with Crippen LogP contribution >= 0.6 is 85.5 Å². The van der Waals surface area contributed by atoms with Crippen molar-refractivity contribution in [3.63, 3.8) is 0 Å². The molecule has 1 aromatic heterocycles. The lowest BCUT2D eigenvalue weighted by Gasteiger charge is -2.17. The maximum atomic E-state index is 5.87. The molecule has 0 saturated heterocycles. The monoisotopic (exact) mass is 510 g/mol. The topological polar surface area (TPSA) is 41.9 Å². The second kappa shape index (κ2) is 7.47. The fraction of sp³-hybridized carbons (Fsp3) is 0.308. The van der Waals surface area contributed by atoms with Crippen molar-refractivity contribution in [3.05, 3.63) is 34.3 Å². The SMILES string of the molecule is CN(C)c1ccc(-c2nc(C(Cl)(Cl)Cl)nc(C(Cl)(Cl)Cl)n2)cc1Br. The number of halogens is 7. The third kappa shape index (κ3) is 4.91. The van der Waals surface area contributed by atoms with Gasteiger partial charge in [-0.05, 0) is 34.1 Å². The Morgan fingerprint density at radius 3 is 1.75 bits per heavy atom. The molecule has 0 saturated carbocycles. The van der Waals surface area contributed by atoms with Crippen LogP contribution in [0.3, 0.4) is 0 Å². The number of rotatable bonds is 2. The van der Waals surface area contributed by atoms with Gasteiger partial charge in [-0.15, -0.1) is 0 Å². The zero-order valence-electron chi connectivity index (χ0n) is 12.2. The van der Waals surface area contributed by atoms with E-state index in [1.165, 1.54) is 0 Å². The van der Waals surface area contributed by atoms with E-state index in [1.807, 2.05) is 31.1 Å². The number of hydrogen-bond acceptors (Lipinski definition) is 4. The quantitative estimate of drug-likeness (QED) is 0.461. The molecule has 0 N–H and O–H groups in total. The summed E-state index contributed by atoms with van der Waals surface area (Å²) in [4.78, 5) is 14.2. The third-order valence-electron chi connectivity index (χ3n) is 2.83. The highest BCUT2D eigenvalue weighted by Crippen LogP contribution is 2.41. The highest BCUT2D eigenvalue weighted by atomic mass is 79.9. The molecule has 1 aromatic carbocycles. The minimum absolute atomic E-state index is 0.133. The van der Waals surface area contributed by atoms with E-state index in [4.69, 9.17) is 69.6 Å². The Labute approximate surface area is 177 Å². The van der Waals surface area contributed by atoms with E-state index < -0.39 is 7.59 Å². The number of anilines is 1. The van der Waals surface area contributed by atoms with Gasteiger partial charge in [0.15, 0.2) is 17.5 Å². The number of nitrogens with zero attached hydrogens (tertiary/aromatic N) is 4. The molecule has 0 radical (unpaired) electrons. The predicted octanol–water partition coefficient (Wildman–Crippen LogP) is 6.02. The van der Waals surface area contributed by atoms with Crippen molar-refractivity contribution in [2.24, 2.45) is 0 Å². The molecule has 11 heteroatoms. The highest BCUT2D eigenvalue weighted by molar-refractivity contribution is 9.10. The Morgan fingerprint density at radius 1 is 0.875 bits per heavy atom. The molecule has 0 aliphatic carbocycles. The molecule has 0 spiro atoms. The summed E-state index contributed by atoms with van der Waals surface area (Å²) in [5.74, 6) is -0.0445. The van der Waals surface area contributed by atoms with Gasteiger partial charge in [0, 0.05) is 24.1 Å². The van der Waals surface area contributed by atoms with Crippen molar-refractivity contribution in [3.8, 4) is 11.4 Å². The van der Waals surface area contributed by atoms with Crippen LogP contribution in [0.5, 0.6) is 0 Å². The van der Waals surface area contributed by atoms with Crippen molar-refractivity contribution in [1.29, 1.82) is 0 Å². The van der Waals surface area contributed by atoms with E-state index in [2.05, 4.69) is 30.9 Å². The molecule has 2 aromatic rings. The summed E-state index contributed by atoms with van der Waals surface area (Å²) in [5.41, 5.74) is 1.61. The van der Waals surface area contributed by atoms with Crippen LogP contribution in [0.25, 0.3) is 11.4 Å². The molecule has 0 bridgehead atoms. The molecule has 4 nitrogen and oxygen atoms in total. The van der Waals surface area contributed by atoms with Gasteiger partial charge in [0.2, 0.25) is 7.59 Å². The van der Waals surface area contributed by atoms with Gasteiger partial charge >= 0.3 is 0 Å². The molecule has 0 aliphatic heterocycles. The zero-order chi connectivity index (χ0) is 18.3. The van der Waals surface area contributed by atoms with Gasteiger partial charge in [0.25, 0.3) is 0 Å². The van der Waals surface area contributed by atoms with Crippen molar-refractivity contribution in [2.75, 3.05) is 19.0 Å². The summed E-state index contributed by atoms with van der Waals surface area (Å²) in [6.45, 7) is 0. The van der Waals surface area contributed by atoms with Gasteiger partial charge in [-0.25, -0.2) is 15.0 Å². The normalized spacial score (nSPS) is 12.4. The maximum absolute atomic E-state index is 5.87. The van der Waals surface area contributed by atoms with E-state index in [9.17, 15) is 0 Å². The Hall–Kier alpha value is 0.250. The number of benzene rings is 1. The van der Waals surface area contributed by atoms with E-state index in [0.29, 0.717) is 5.56 Å². The molecule has 0 amide bonds. The average Bonchev–Trinajstić information content (AvgIpc) is 2.44. The van der Waals surface area contributed by atoms with Crippen LogP contribution in [-0.2, 0) is 7.59 Å². The number of alkyl halides is 6. The predicted molar refractivity (Wildman–Crippen MR) is 106 cm³/mol. The second-order valence-electron chi connectivity index (χ2n) is 4.86. The van der Waals surface area contributed by atoms with Gasteiger partial charge in [-0.2, -0.15) is 0 Å². The van der Waals surface area contributed by atoms with Crippen molar-refractivity contribution in [2.45, 2.75) is 7.59 Å². The Bertz CT molecular complexity index is 725. The molecule has 1 heterocycles. The first-order valence-corrected chi connectivity index (χ1v) is 9.33. The molecule has 0 fully saturated rings. The summed E-state index contributed by atoms with van der Waals surface area (Å²) < 4.78 is -2.94. The molecule has 130 valence electrons. The van der Waals surface area contributed by atoms with Gasteiger partial charge < -0.3 is 4.90 Å². The van der Waals surface area contributed by atoms with Gasteiger partial charge in [-0.3, -0.25) is 0 Å². The van der Waals surface area contributed by atoms with Crippen LogP contribution in [0.15, 0.2) is 22.7 Å². The summed E-state index contributed by atoms with van der Waals surface area (Å²) in [5, 5.41) is 0. The molecular weight excluding hydrogens is 505 g/mol. The molecule has 0 unspecified atom stereocenters. The smallest absolute Gasteiger partial charge is 0.250 e. The highest BCUT2D eigenvalue weighted by Gasteiger charge is 2.34. The summed E-state index contributed by atoms with van der Waals surface area (Å²) >= 11 is 38.7. The van der Waals surface area contributed by atoms with E-state index in [1.54, 1.807) is 6.07 Å². The first-order valence-electron chi connectivity index (χ1n) is 6.27. The Kier molecular flexibility index (Phi) is 6.40. The van der Waals surface area contributed by atoms with Gasteiger partial charge in [0.1, 0.15) is 0 Å². The van der Waals surface area contributed by atoms with Crippen LogP contribution in [0.1, 0.15) is 11.6 Å². The molecule has 0 atom stereocenters. The lowest BCUT2D eigenvalue weighted by molar-refractivity contribution is 0.851. The molecule has 0 aliphatic rings. The van der Waals surface area contributed by atoms with Crippen molar-refractivity contribution >= 4 is 91.2 Å². The Balaban J connectivity index is 2.63. The van der Waals surface area contributed by atoms with Gasteiger partial charge in [0.05, 0.1) is 5.69 Å².